The number of carbonyl (C=O) groups is 1. The Kier molecular flexibility index (Phi) is 5.74. The van der Waals surface area contributed by atoms with Crippen LogP contribution in [0.1, 0.15) is 19.3 Å². The Morgan fingerprint density at radius 3 is 2.70 bits per heavy atom. The number of pyridine rings is 1. The van der Waals surface area contributed by atoms with Gasteiger partial charge in [0.15, 0.2) is 6.61 Å². The standard InChI is InChI=1S/C22H22N4O4/c27-21(23-17-7-5-8-18(14-17)26(28)29)15-30-19-9-4-6-16-10-11-20(24-22(16)19)25-12-2-1-3-13-25/h4-11,14H,1-3,12-13,15H2,(H,23,27). The zero-order valence-corrected chi connectivity index (χ0v) is 16.4. The third-order valence-corrected chi connectivity index (χ3v) is 5.05. The number of rotatable bonds is 6. The first-order valence-electron chi connectivity index (χ1n) is 9.92. The number of hydrogen-bond donors (Lipinski definition) is 1. The lowest BCUT2D eigenvalue weighted by molar-refractivity contribution is -0.384. The summed E-state index contributed by atoms with van der Waals surface area (Å²) in [7, 11) is 0. The van der Waals surface area contributed by atoms with Crippen molar-refractivity contribution in [1.29, 1.82) is 0 Å². The van der Waals surface area contributed by atoms with Crippen molar-refractivity contribution >= 4 is 34.0 Å². The van der Waals surface area contributed by atoms with Gasteiger partial charge in [-0.15, -0.1) is 0 Å². The lowest BCUT2D eigenvalue weighted by Crippen LogP contribution is -2.30. The van der Waals surface area contributed by atoms with Crippen LogP contribution in [0.2, 0.25) is 0 Å². The van der Waals surface area contributed by atoms with Gasteiger partial charge in [0, 0.05) is 36.3 Å². The van der Waals surface area contributed by atoms with Crippen LogP contribution in [0.5, 0.6) is 5.75 Å². The van der Waals surface area contributed by atoms with Crippen LogP contribution in [-0.2, 0) is 4.79 Å². The highest BCUT2D eigenvalue weighted by Gasteiger charge is 2.14. The second-order valence-corrected chi connectivity index (χ2v) is 7.19. The van der Waals surface area contributed by atoms with Crippen LogP contribution in [-0.4, -0.2) is 35.5 Å². The topological polar surface area (TPSA) is 97.6 Å². The van der Waals surface area contributed by atoms with Crippen molar-refractivity contribution in [2.45, 2.75) is 19.3 Å². The zero-order chi connectivity index (χ0) is 20.9. The van der Waals surface area contributed by atoms with Crippen LogP contribution in [0.25, 0.3) is 10.9 Å². The molecule has 2 heterocycles. The fourth-order valence-electron chi connectivity index (χ4n) is 3.56. The number of benzene rings is 2. The van der Waals surface area contributed by atoms with Crippen LogP contribution in [0.4, 0.5) is 17.2 Å². The number of amides is 1. The maximum atomic E-state index is 12.3. The van der Waals surface area contributed by atoms with E-state index in [1.807, 2.05) is 24.3 Å². The van der Waals surface area contributed by atoms with Gasteiger partial charge in [0.1, 0.15) is 17.1 Å². The first-order valence-corrected chi connectivity index (χ1v) is 9.92. The average Bonchev–Trinajstić information content (AvgIpc) is 2.78. The second-order valence-electron chi connectivity index (χ2n) is 7.19. The molecule has 1 fully saturated rings. The number of aromatic nitrogens is 1. The predicted molar refractivity (Wildman–Crippen MR) is 115 cm³/mol. The summed E-state index contributed by atoms with van der Waals surface area (Å²) in [6, 6.07) is 15.4. The minimum atomic E-state index is -0.506. The number of anilines is 2. The molecule has 4 rings (SSSR count). The van der Waals surface area contributed by atoms with E-state index >= 15 is 0 Å². The summed E-state index contributed by atoms with van der Waals surface area (Å²) >= 11 is 0. The van der Waals surface area contributed by atoms with E-state index in [9.17, 15) is 14.9 Å². The van der Waals surface area contributed by atoms with Crippen molar-refractivity contribution in [3.05, 3.63) is 64.7 Å². The third kappa shape index (κ3) is 4.48. The van der Waals surface area contributed by atoms with Crippen LogP contribution < -0.4 is 15.0 Å². The number of nitro benzene ring substituents is 1. The molecule has 0 radical (unpaired) electrons. The summed E-state index contributed by atoms with van der Waals surface area (Å²) in [5.41, 5.74) is 0.974. The number of carbonyl (C=O) groups excluding carboxylic acids is 1. The van der Waals surface area contributed by atoms with Crippen molar-refractivity contribution in [1.82, 2.24) is 4.98 Å². The van der Waals surface area contributed by atoms with E-state index in [1.54, 1.807) is 12.1 Å². The fourth-order valence-corrected chi connectivity index (χ4v) is 3.56. The molecule has 0 unspecified atom stereocenters. The van der Waals surface area contributed by atoms with Crippen molar-refractivity contribution in [3.63, 3.8) is 0 Å². The molecule has 8 heteroatoms. The molecule has 1 aliphatic heterocycles. The van der Waals surface area contributed by atoms with Crippen molar-refractivity contribution < 1.29 is 14.5 Å². The van der Waals surface area contributed by atoms with Gasteiger partial charge in [0.25, 0.3) is 11.6 Å². The Morgan fingerprint density at radius 2 is 1.90 bits per heavy atom. The van der Waals surface area contributed by atoms with Crippen LogP contribution in [0, 0.1) is 10.1 Å². The van der Waals surface area contributed by atoms with Crippen LogP contribution >= 0.6 is 0 Å². The highest BCUT2D eigenvalue weighted by atomic mass is 16.6. The molecule has 0 aliphatic carbocycles. The van der Waals surface area contributed by atoms with Crippen LogP contribution in [0.3, 0.4) is 0 Å². The Morgan fingerprint density at radius 1 is 1.10 bits per heavy atom. The Hall–Kier alpha value is -3.68. The molecule has 8 nitrogen and oxygen atoms in total. The number of hydrogen-bond acceptors (Lipinski definition) is 6. The maximum Gasteiger partial charge on any atom is 0.271 e. The summed E-state index contributed by atoms with van der Waals surface area (Å²) in [5.74, 6) is 1.04. The summed E-state index contributed by atoms with van der Waals surface area (Å²) in [6.45, 7) is 1.76. The predicted octanol–water partition coefficient (Wildman–Crippen LogP) is 4.15. The van der Waals surface area contributed by atoms with E-state index in [2.05, 4.69) is 10.2 Å². The maximum absolute atomic E-state index is 12.3. The van der Waals surface area contributed by atoms with E-state index < -0.39 is 10.8 Å². The molecule has 0 bridgehead atoms. The minimum absolute atomic E-state index is 0.0859. The highest BCUT2D eigenvalue weighted by Crippen LogP contribution is 2.27. The van der Waals surface area contributed by atoms with E-state index in [0.717, 1.165) is 37.1 Å². The third-order valence-electron chi connectivity index (χ3n) is 5.05. The number of ether oxygens (including phenoxy) is 1. The number of non-ortho nitro benzene ring substituents is 1. The first kappa shape index (κ1) is 19.6. The van der Waals surface area contributed by atoms with Gasteiger partial charge < -0.3 is 15.0 Å². The van der Waals surface area contributed by atoms with E-state index in [-0.39, 0.29) is 12.3 Å². The van der Waals surface area contributed by atoms with E-state index in [1.165, 1.54) is 24.6 Å². The van der Waals surface area contributed by atoms with Crippen molar-refractivity contribution in [2.75, 3.05) is 29.9 Å². The van der Waals surface area contributed by atoms with Gasteiger partial charge in [-0.2, -0.15) is 0 Å². The van der Waals surface area contributed by atoms with Gasteiger partial charge in [-0.3, -0.25) is 14.9 Å². The van der Waals surface area contributed by atoms with Crippen LogP contribution in [0.15, 0.2) is 54.6 Å². The normalized spacial score (nSPS) is 13.8. The second kappa shape index (κ2) is 8.77. The molecule has 1 aromatic heterocycles. The summed E-state index contributed by atoms with van der Waals surface area (Å²) in [6.07, 6.45) is 3.57. The van der Waals surface area contributed by atoms with Crippen molar-refractivity contribution in [3.8, 4) is 5.75 Å². The minimum Gasteiger partial charge on any atom is -0.481 e. The number of nitro groups is 1. The van der Waals surface area contributed by atoms with Gasteiger partial charge in [-0.05, 0) is 43.5 Å². The molecule has 0 atom stereocenters. The summed E-state index contributed by atoms with van der Waals surface area (Å²) in [4.78, 5) is 29.7. The Bertz CT molecular complexity index is 1080. The summed E-state index contributed by atoms with van der Waals surface area (Å²) < 4.78 is 5.75. The monoisotopic (exact) mass is 406 g/mol. The number of nitrogens with zero attached hydrogens (tertiary/aromatic N) is 3. The molecule has 3 aromatic rings. The molecule has 2 aromatic carbocycles. The molecular weight excluding hydrogens is 384 g/mol. The molecule has 154 valence electrons. The molecule has 0 saturated carbocycles. The molecule has 1 amide bonds. The lowest BCUT2D eigenvalue weighted by atomic mass is 10.1. The first-order chi connectivity index (χ1) is 14.6. The molecule has 30 heavy (non-hydrogen) atoms. The molecule has 1 aliphatic rings. The number of piperidine rings is 1. The molecule has 1 N–H and O–H groups in total. The highest BCUT2D eigenvalue weighted by molar-refractivity contribution is 5.93. The van der Waals surface area contributed by atoms with Gasteiger partial charge in [0.05, 0.1) is 4.92 Å². The quantitative estimate of drug-likeness (QED) is 0.488. The molecule has 0 spiro atoms. The van der Waals surface area contributed by atoms with Crippen molar-refractivity contribution in [2.24, 2.45) is 0 Å². The van der Waals surface area contributed by atoms with Gasteiger partial charge in [0.2, 0.25) is 0 Å². The average molecular weight is 406 g/mol. The van der Waals surface area contributed by atoms with E-state index in [4.69, 9.17) is 9.72 Å². The van der Waals surface area contributed by atoms with Gasteiger partial charge >= 0.3 is 0 Å². The largest absolute Gasteiger partial charge is 0.481 e. The van der Waals surface area contributed by atoms with Gasteiger partial charge in [-0.25, -0.2) is 4.98 Å². The van der Waals surface area contributed by atoms with E-state index in [0.29, 0.717) is 17.0 Å². The van der Waals surface area contributed by atoms with Gasteiger partial charge in [-0.1, -0.05) is 18.2 Å². The lowest BCUT2D eigenvalue weighted by Gasteiger charge is -2.28. The fraction of sp³-hybridized carbons (Fsp3) is 0.273. The molecule has 1 saturated heterocycles. The smallest absolute Gasteiger partial charge is 0.271 e. The molecular formula is C22H22N4O4. The summed E-state index contributed by atoms with van der Waals surface area (Å²) in [5, 5.41) is 14.4. The number of para-hydroxylation sites is 1. The Balaban J connectivity index is 1.47. The Labute approximate surface area is 173 Å². The zero-order valence-electron chi connectivity index (χ0n) is 16.4. The number of fused-ring (bicyclic) bond motifs is 1. The number of nitrogens with one attached hydrogen (secondary N) is 1. The SMILES string of the molecule is O=C(COc1cccc2ccc(N3CCCCC3)nc12)Nc1cccc([N+](=O)[O-])c1.